The maximum absolute atomic E-state index is 6.01. The summed E-state index contributed by atoms with van der Waals surface area (Å²) in [6.45, 7) is 0. The molecule has 1 N–H and O–H groups in total. The number of hydrogen-bond donors (Lipinski definition) is 1. The van der Waals surface area contributed by atoms with Crippen molar-refractivity contribution in [1.82, 2.24) is 19.9 Å². The molecule has 4 rings (SSSR count). The third-order valence-electron chi connectivity index (χ3n) is 4.19. The maximum atomic E-state index is 6.01. The van der Waals surface area contributed by atoms with Crippen molar-refractivity contribution >= 4 is 28.3 Å². The van der Waals surface area contributed by atoms with E-state index in [1.165, 1.54) is 0 Å². The molecule has 0 aliphatic rings. The molecule has 0 aliphatic heterocycles. The van der Waals surface area contributed by atoms with Crippen LogP contribution < -0.4 is 10.1 Å². The van der Waals surface area contributed by atoms with Crippen LogP contribution >= 0.6 is 11.6 Å². The molecule has 7 heteroatoms. The Morgan fingerprint density at radius 1 is 1.00 bits per heavy atom. The van der Waals surface area contributed by atoms with E-state index >= 15 is 0 Å². The second-order valence-corrected chi connectivity index (χ2v) is 6.25. The third-order valence-corrected chi connectivity index (χ3v) is 4.44. The number of anilines is 1. The highest BCUT2D eigenvalue weighted by molar-refractivity contribution is 6.30. The van der Waals surface area contributed by atoms with E-state index in [1.807, 2.05) is 43.4 Å². The van der Waals surface area contributed by atoms with Crippen LogP contribution in [0.4, 0.5) is 5.82 Å². The van der Waals surface area contributed by atoms with Crippen LogP contribution in [0.15, 0.2) is 55.0 Å². The van der Waals surface area contributed by atoms with Crippen LogP contribution in [0.25, 0.3) is 33.5 Å². The topological polar surface area (TPSA) is 72.8 Å². The van der Waals surface area contributed by atoms with E-state index in [0.717, 1.165) is 16.5 Å². The predicted octanol–water partition coefficient (Wildman–Crippen LogP) is 4.46. The number of benzene rings is 2. The Hall–Kier alpha value is -3.25. The summed E-state index contributed by atoms with van der Waals surface area (Å²) in [4.78, 5) is 17.7. The van der Waals surface area contributed by atoms with E-state index in [4.69, 9.17) is 16.3 Å². The number of nitrogens with zero attached hydrogens (tertiary/aromatic N) is 4. The van der Waals surface area contributed by atoms with Crippen molar-refractivity contribution < 1.29 is 4.74 Å². The number of ether oxygens (including phenoxy) is 1. The molecule has 2 aromatic heterocycles. The highest BCUT2D eigenvalue weighted by Crippen LogP contribution is 2.35. The number of fused-ring (bicyclic) bond motifs is 1. The van der Waals surface area contributed by atoms with Gasteiger partial charge in [0.2, 0.25) is 0 Å². The molecule has 4 aromatic rings. The summed E-state index contributed by atoms with van der Waals surface area (Å²) in [5.74, 6) is 1.83. The summed E-state index contributed by atoms with van der Waals surface area (Å²) in [6.07, 6.45) is 4.86. The molecule has 0 saturated carbocycles. The van der Waals surface area contributed by atoms with Crippen molar-refractivity contribution in [3.63, 3.8) is 0 Å². The predicted molar refractivity (Wildman–Crippen MR) is 107 cm³/mol. The van der Waals surface area contributed by atoms with Crippen molar-refractivity contribution in [3.8, 4) is 28.4 Å². The van der Waals surface area contributed by atoms with Crippen LogP contribution in [0.1, 0.15) is 0 Å². The number of methoxy groups -OCH3 is 1. The van der Waals surface area contributed by atoms with Gasteiger partial charge in [-0.15, -0.1) is 0 Å². The SMILES string of the molecule is CNc1nc(-c2cnccn2)nc2c(OC)cc(-c3ccc(Cl)cc3)cc12. The number of aromatic nitrogens is 4. The lowest BCUT2D eigenvalue weighted by Crippen LogP contribution is -2.01. The molecule has 0 unspecified atom stereocenters. The van der Waals surface area contributed by atoms with Gasteiger partial charge in [-0.2, -0.15) is 0 Å². The maximum Gasteiger partial charge on any atom is 0.182 e. The van der Waals surface area contributed by atoms with Crippen molar-refractivity contribution in [2.75, 3.05) is 19.5 Å². The Bertz CT molecular complexity index is 1100. The Kier molecular flexibility index (Phi) is 4.56. The summed E-state index contributed by atoms with van der Waals surface area (Å²) in [5.41, 5.74) is 3.32. The van der Waals surface area contributed by atoms with Gasteiger partial charge >= 0.3 is 0 Å². The van der Waals surface area contributed by atoms with Crippen LogP contribution in [-0.2, 0) is 0 Å². The van der Waals surface area contributed by atoms with Gasteiger partial charge in [-0.1, -0.05) is 23.7 Å². The molecule has 0 spiro atoms. The molecule has 27 heavy (non-hydrogen) atoms. The quantitative estimate of drug-likeness (QED) is 0.566. The average molecular weight is 378 g/mol. The van der Waals surface area contributed by atoms with Crippen LogP contribution in [0.3, 0.4) is 0 Å². The molecule has 0 aliphatic carbocycles. The largest absolute Gasteiger partial charge is 0.494 e. The van der Waals surface area contributed by atoms with Gasteiger partial charge in [0.05, 0.1) is 13.3 Å². The molecule has 0 radical (unpaired) electrons. The van der Waals surface area contributed by atoms with Crippen LogP contribution in [0.2, 0.25) is 5.02 Å². The Labute approximate surface area is 161 Å². The minimum atomic E-state index is 0.484. The highest BCUT2D eigenvalue weighted by atomic mass is 35.5. The molecule has 0 bridgehead atoms. The zero-order valence-corrected chi connectivity index (χ0v) is 15.5. The standard InChI is InChI=1S/C20H16ClN5O/c1-22-19-15-9-13(12-3-5-14(21)6-4-12)10-17(27-2)18(15)25-20(26-19)16-11-23-7-8-24-16/h3-11H,1-2H3,(H,22,25,26). The zero-order valence-electron chi connectivity index (χ0n) is 14.8. The van der Waals surface area contributed by atoms with Crippen molar-refractivity contribution in [2.24, 2.45) is 0 Å². The molecule has 0 fully saturated rings. The van der Waals surface area contributed by atoms with Crippen molar-refractivity contribution in [1.29, 1.82) is 0 Å². The third kappa shape index (κ3) is 3.27. The summed E-state index contributed by atoms with van der Waals surface area (Å²) in [7, 11) is 3.45. The number of nitrogens with one attached hydrogen (secondary N) is 1. The molecule has 0 atom stereocenters. The minimum absolute atomic E-state index is 0.484. The van der Waals surface area contributed by atoms with E-state index in [9.17, 15) is 0 Å². The van der Waals surface area contributed by atoms with Crippen molar-refractivity contribution in [2.45, 2.75) is 0 Å². The first-order chi connectivity index (χ1) is 13.2. The Morgan fingerprint density at radius 3 is 2.48 bits per heavy atom. The van der Waals surface area contributed by atoms with Gasteiger partial charge in [0.25, 0.3) is 0 Å². The molecular weight excluding hydrogens is 362 g/mol. The van der Waals surface area contributed by atoms with E-state index in [-0.39, 0.29) is 0 Å². The van der Waals surface area contributed by atoms with Gasteiger partial charge in [0.15, 0.2) is 5.82 Å². The lowest BCUT2D eigenvalue weighted by molar-refractivity contribution is 0.419. The van der Waals surface area contributed by atoms with E-state index in [1.54, 1.807) is 25.7 Å². The summed E-state index contributed by atoms with van der Waals surface area (Å²) in [5, 5.41) is 4.69. The van der Waals surface area contributed by atoms with Gasteiger partial charge in [-0.3, -0.25) is 4.98 Å². The average Bonchev–Trinajstić information content (AvgIpc) is 2.73. The van der Waals surface area contributed by atoms with Gasteiger partial charge < -0.3 is 10.1 Å². The van der Waals surface area contributed by atoms with Crippen LogP contribution in [-0.4, -0.2) is 34.1 Å². The second-order valence-electron chi connectivity index (χ2n) is 5.82. The second kappa shape index (κ2) is 7.17. The number of rotatable bonds is 4. The molecular formula is C20H16ClN5O. The van der Waals surface area contributed by atoms with Crippen LogP contribution in [0, 0.1) is 0 Å². The fraction of sp³-hybridized carbons (Fsp3) is 0.100. The monoisotopic (exact) mass is 377 g/mol. The summed E-state index contributed by atoms with van der Waals surface area (Å²) < 4.78 is 5.62. The smallest absolute Gasteiger partial charge is 0.182 e. The zero-order chi connectivity index (χ0) is 18.8. The van der Waals surface area contributed by atoms with Crippen LogP contribution in [0.5, 0.6) is 5.75 Å². The minimum Gasteiger partial charge on any atom is -0.494 e. The molecule has 0 saturated heterocycles. The van der Waals surface area contributed by atoms with Gasteiger partial charge in [-0.25, -0.2) is 15.0 Å². The van der Waals surface area contributed by atoms with E-state index in [0.29, 0.717) is 33.6 Å². The van der Waals surface area contributed by atoms with Crippen molar-refractivity contribution in [3.05, 3.63) is 60.0 Å². The van der Waals surface area contributed by atoms with E-state index < -0.39 is 0 Å². The fourth-order valence-corrected chi connectivity index (χ4v) is 3.01. The fourth-order valence-electron chi connectivity index (χ4n) is 2.89. The number of hydrogen-bond acceptors (Lipinski definition) is 6. The first-order valence-electron chi connectivity index (χ1n) is 8.29. The summed E-state index contributed by atoms with van der Waals surface area (Å²) >= 11 is 6.01. The lowest BCUT2D eigenvalue weighted by Gasteiger charge is -2.13. The van der Waals surface area contributed by atoms with Gasteiger partial charge in [0.1, 0.15) is 22.8 Å². The first-order valence-corrected chi connectivity index (χ1v) is 8.67. The molecule has 6 nitrogen and oxygen atoms in total. The van der Waals surface area contributed by atoms with E-state index in [2.05, 4.69) is 25.3 Å². The van der Waals surface area contributed by atoms with Gasteiger partial charge in [-0.05, 0) is 35.4 Å². The Balaban J connectivity index is 1.96. The Morgan fingerprint density at radius 2 is 1.81 bits per heavy atom. The lowest BCUT2D eigenvalue weighted by atomic mass is 10.0. The highest BCUT2D eigenvalue weighted by Gasteiger charge is 2.15. The molecule has 0 amide bonds. The van der Waals surface area contributed by atoms with Gasteiger partial charge in [0, 0.05) is 29.9 Å². The molecule has 2 heterocycles. The molecule has 2 aromatic carbocycles. The first kappa shape index (κ1) is 17.2. The normalized spacial score (nSPS) is 10.8. The summed E-state index contributed by atoms with van der Waals surface area (Å²) in [6, 6.07) is 11.7. The molecule has 134 valence electrons. The number of halogens is 1.